The van der Waals surface area contributed by atoms with Crippen LogP contribution in [0.3, 0.4) is 0 Å². The number of benzene rings is 1. The number of halogens is 2. The third-order valence-electron chi connectivity index (χ3n) is 4.29. The lowest BCUT2D eigenvalue weighted by Gasteiger charge is -2.09. The SMILES string of the molecule is Cc1nc(Oc2ccccc2F)ccc1C(=O)c1c[nH]c2ncc(Cl)c(N)c12. The summed E-state index contributed by atoms with van der Waals surface area (Å²) in [5.41, 5.74) is 7.91. The largest absolute Gasteiger partial charge is 0.436 e. The van der Waals surface area contributed by atoms with Crippen molar-refractivity contribution in [2.75, 3.05) is 5.73 Å². The first-order chi connectivity index (χ1) is 13.5. The van der Waals surface area contributed by atoms with Gasteiger partial charge in [-0.25, -0.2) is 14.4 Å². The van der Waals surface area contributed by atoms with Crippen LogP contribution in [0.5, 0.6) is 11.6 Å². The number of H-pyrrole nitrogens is 1. The molecule has 0 saturated heterocycles. The molecule has 0 amide bonds. The summed E-state index contributed by atoms with van der Waals surface area (Å²) in [5.74, 6) is -0.550. The fourth-order valence-electron chi connectivity index (χ4n) is 2.90. The fraction of sp³-hybridized carbons (Fsp3) is 0.0500. The lowest BCUT2D eigenvalue weighted by atomic mass is 10.0. The Hall–Kier alpha value is -3.45. The molecule has 0 saturated carbocycles. The normalized spacial score (nSPS) is 11.0. The number of nitrogens with two attached hydrogens (primary N) is 1. The monoisotopic (exact) mass is 396 g/mol. The number of nitrogen functional groups attached to an aromatic ring is 1. The van der Waals surface area contributed by atoms with E-state index in [-0.39, 0.29) is 28.1 Å². The van der Waals surface area contributed by atoms with Gasteiger partial charge in [0, 0.05) is 17.8 Å². The number of aryl methyl sites for hydroxylation is 1. The number of para-hydroxylation sites is 1. The summed E-state index contributed by atoms with van der Waals surface area (Å²) in [4.78, 5) is 24.4. The number of aromatic nitrogens is 3. The molecule has 140 valence electrons. The molecule has 0 bridgehead atoms. The molecule has 6 nitrogen and oxygen atoms in total. The lowest BCUT2D eigenvalue weighted by molar-refractivity contribution is 0.103. The van der Waals surface area contributed by atoms with Crippen molar-refractivity contribution in [1.82, 2.24) is 15.0 Å². The number of carbonyl (C=O) groups is 1. The topological polar surface area (TPSA) is 93.9 Å². The standard InChI is InChI=1S/C20H14ClFN4O2/c1-10-11(6-7-16(26-10)28-15-5-3-2-4-14(15)22)19(27)12-8-24-20-17(12)18(23)13(21)9-25-20/h2-9H,1H3,(H3,23,24,25). The molecule has 0 atom stereocenters. The van der Waals surface area contributed by atoms with Crippen LogP contribution in [-0.2, 0) is 0 Å². The van der Waals surface area contributed by atoms with Gasteiger partial charge < -0.3 is 15.5 Å². The average molecular weight is 397 g/mol. The number of carbonyl (C=O) groups excluding carboxylic acids is 1. The van der Waals surface area contributed by atoms with E-state index in [0.717, 1.165) is 0 Å². The Balaban J connectivity index is 1.70. The van der Waals surface area contributed by atoms with Crippen LogP contribution in [0.2, 0.25) is 5.02 Å². The minimum absolute atomic E-state index is 0.0543. The molecule has 0 aliphatic heterocycles. The number of aromatic amines is 1. The summed E-state index contributed by atoms with van der Waals surface area (Å²) in [6.07, 6.45) is 2.96. The molecule has 4 aromatic rings. The number of anilines is 1. The second-order valence-electron chi connectivity index (χ2n) is 6.09. The van der Waals surface area contributed by atoms with E-state index in [9.17, 15) is 9.18 Å². The summed E-state index contributed by atoms with van der Waals surface area (Å²) in [7, 11) is 0. The molecule has 0 aliphatic carbocycles. The Morgan fingerprint density at radius 3 is 2.75 bits per heavy atom. The van der Waals surface area contributed by atoms with Crippen LogP contribution < -0.4 is 10.5 Å². The van der Waals surface area contributed by atoms with E-state index < -0.39 is 5.82 Å². The summed E-state index contributed by atoms with van der Waals surface area (Å²) >= 11 is 6.04. The zero-order chi connectivity index (χ0) is 19.8. The number of ether oxygens (including phenoxy) is 1. The predicted molar refractivity (Wildman–Crippen MR) is 104 cm³/mol. The molecule has 3 aromatic heterocycles. The van der Waals surface area contributed by atoms with Crippen molar-refractivity contribution in [2.45, 2.75) is 6.92 Å². The van der Waals surface area contributed by atoms with Gasteiger partial charge in [-0.05, 0) is 25.1 Å². The van der Waals surface area contributed by atoms with E-state index in [1.54, 1.807) is 25.1 Å². The van der Waals surface area contributed by atoms with E-state index in [2.05, 4.69) is 15.0 Å². The van der Waals surface area contributed by atoms with Crippen molar-refractivity contribution >= 4 is 34.1 Å². The highest BCUT2D eigenvalue weighted by Crippen LogP contribution is 2.31. The van der Waals surface area contributed by atoms with Gasteiger partial charge in [0.2, 0.25) is 5.88 Å². The molecular weight excluding hydrogens is 383 g/mol. The van der Waals surface area contributed by atoms with Crippen LogP contribution in [0, 0.1) is 12.7 Å². The molecule has 0 fully saturated rings. The van der Waals surface area contributed by atoms with Gasteiger partial charge in [0.25, 0.3) is 0 Å². The minimum atomic E-state index is -0.499. The molecule has 0 unspecified atom stereocenters. The van der Waals surface area contributed by atoms with Crippen LogP contribution in [0.4, 0.5) is 10.1 Å². The summed E-state index contributed by atoms with van der Waals surface area (Å²) in [6, 6.07) is 9.10. The summed E-state index contributed by atoms with van der Waals surface area (Å²) in [5, 5.41) is 0.730. The number of nitrogens with one attached hydrogen (secondary N) is 1. The Morgan fingerprint density at radius 2 is 2.00 bits per heavy atom. The Morgan fingerprint density at radius 1 is 1.21 bits per heavy atom. The fourth-order valence-corrected chi connectivity index (χ4v) is 3.04. The van der Waals surface area contributed by atoms with Gasteiger partial charge in [-0.1, -0.05) is 23.7 Å². The Kier molecular flexibility index (Phi) is 4.44. The van der Waals surface area contributed by atoms with E-state index in [1.165, 1.54) is 30.6 Å². The molecule has 3 heterocycles. The molecule has 0 spiro atoms. The van der Waals surface area contributed by atoms with Crippen LogP contribution in [-0.4, -0.2) is 20.7 Å². The summed E-state index contributed by atoms with van der Waals surface area (Å²) in [6.45, 7) is 1.67. The minimum Gasteiger partial charge on any atom is -0.436 e. The van der Waals surface area contributed by atoms with Gasteiger partial charge >= 0.3 is 0 Å². The number of fused-ring (bicyclic) bond motifs is 1. The zero-order valence-corrected chi connectivity index (χ0v) is 15.4. The van der Waals surface area contributed by atoms with Crippen LogP contribution in [0.15, 0.2) is 48.8 Å². The molecule has 1 aromatic carbocycles. The van der Waals surface area contributed by atoms with Gasteiger partial charge in [-0.2, -0.15) is 0 Å². The maximum atomic E-state index is 13.7. The first-order valence-corrected chi connectivity index (χ1v) is 8.69. The van der Waals surface area contributed by atoms with Crippen molar-refractivity contribution in [2.24, 2.45) is 0 Å². The van der Waals surface area contributed by atoms with Crippen molar-refractivity contribution in [3.63, 3.8) is 0 Å². The number of hydrogen-bond donors (Lipinski definition) is 2. The zero-order valence-electron chi connectivity index (χ0n) is 14.7. The van der Waals surface area contributed by atoms with E-state index in [4.69, 9.17) is 22.1 Å². The van der Waals surface area contributed by atoms with Crippen molar-refractivity contribution in [3.05, 3.63) is 76.5 Å². The van der Waals surface area contributed by atoms with Crippen LogP contribution >= 0.6 is 11.6 Å². The smallest absolute Gasteiger partial charge is 0.219 e. The number of pyridine rings is 2. The molecule has 0 aliphatic rings. The highest BCUT2D eigenvalue weighted by molar-refractivity contribution is 6.35. The van der Waals surface area contributed by atoms with Gasteiger partial charge in [-0.15, -0.1) is 0 Å². The Bertz CT molecular complexity index is 1220. The molecular formula is C20H14ClFN4O2. The molecule has 0 radical (unpaired) electrons. The molecule has 4 rings (SSSR count). The first-order valence-electron chi connectivity index (χ1n) is 8.31. The van der Waals surface area contributed by atoms with Crippen LogP contribution in [0.25, 0.3) is 11.0 Å². The first kappa shape index (κ1) is 17.9. The van der Waals surface area contributed by atoms with E-state index in [1.807, 2.05) is 0 Å². The lowest BCUT2D eigenvalue weighted by Crippen LogP contribution is -2.06. The number of hydrogen-bond acceptors (Lipinski definition) is 5. The maximum Gasteiger partial charge on any atom is 0.219 e. The predicted octanol–water partition coefficient (Wildman–Crippen LogP) is 4.66. The molecule has 3 N–H and O–H groups in total. The second-order valence-corrected chi connectivity index (χ2v) is 6.50. The summed E-state index contributed by atoms with van der Waals surface area (Å²) < 4.78 is 19.2. The average Bonchev–Trinajstić information content (AvgIpc) is 3.11. The highest BCUT2D eigenvalue weighted by atomic mass is 35.5. The maximum absolute atomic E-state index is 13.7. The number of rotatable bonds is 4. The van der Waals surface area contributed by atoms with Gasteiger partial charge in [-0.3, -0.25) is 4.79 Å². The number of ketones is 1. The van der Waals surface area contributed by atoms with Gasteiger partial charge in [0.15, 0.2) is 17.3 Å². The molecule has 8 heteroatoms. The second kappa shape index (κ2) is 6.94. The van der Waals surface area contributed by atoms with E-state index >= 15 is 0 Å². The Labute approximate surface area is 164 Å². The third-order valence-corrected chi connectivity index (χ3v) is 4.59. The van der Waals surface area contributed by atoms with Crippen molar-refractivity contribution in [1.29, 1.82) is 0 Å². The van der Waals surface area contributed by atoms with E-state index in [0.29, 0.717) is 27.9 Å². The third kappa shape index (κ3) is 3.05. The van der Waals surface area contributed by atoms with Crippen LogP contribution in [0.1, 0.15) is 21.6 Å². The number of nitrogens with zero attached hydrogens (tertiary/aromatic N) is 2. The van der Waals surface area contributed by atoms with Gasteiger partial charge in [0.1, 0.15) is 5.65 Å². The van der Waals surface area contributed by atoms with Crippen molar-refractivity contribution < 1.29 is 13.9 Å². The highest BCUT2D eigenvalue weighted by Gasteiger charge is 2.20. The van der Waals surface area contributed by atoms with Gasteiger partial charge in [0.05, 0.1) is 33.6 Å². The van der Waals surface area contributed by atoms with Crippen molar-refractivity contribution in [3.8, 4) is 11.6 Å². The molecule has 28 heavy (non-hydrogen) atoms. The quantitative estimate of drug-likeness (QED) is 0.489.